The van der Waals surface area contributed by atoms with Crippen LogP contribution >= 0.6 is 0 Å². The van der Waals surface area contributed by atoms with E-state index in [1.807, 2.05) is 30.3 Å². The molecule has 178 valence electrons. The molecule has 0 fully saturated rings. The molecule has 1 aliphatic heterocycles. The predicted molar refractivity (Wildman–Crippen MR) is 129 cm³/mol. The molecule has 2 aromatic carbocycles. The van der Waals surface area contributed by atoms with E-state index in [0.29, 0.717) is 39.8 Å². The smallest absolute Gasteiger partial charge is 0.264 e. The Balaban J connectivity index is 1.42. The van der Waals surface area contributed by atoms with Gasteiger partial charge >= 0.3 is 0 Å². The first-order chi connectivity index (χ1) is 16.9. The summed E-state index contributed by atoms with van der Waals surface area (Å²) in [5, 5.41) is 6.89. The summed E-state index contributed by atoms with van der Waals surface area (Å²) in [4.78, 5) is 30.6. The first-order valence-electron chi connectivity index (χ1n) is 11.3. The van der Waals surface area contributed by atoms with Crippen LogP contribution in [0.2, 0.25) is 0 Å². The molecule has 1 aliphatic rings. The summed E-state index contributed by atoms with van der Waals surface area (Å²) in [7, 11) is 0. The van der Waals surface area contributed by atoms with Gasteiger partial charge in [-0.25, -0.2) is 0 Å². The van der Waals surface area contributed by atoms with E-state index in [1.165, 1.54) is 10.1 Å². The van der Waals surface area contributed by atoms with E-state index >= 15 is 0 Å². The summed E-state index contributed by atoms with van der Waals surface area (Å²) in [5.74, 6) is 1.34. The van der Waals surface area contributed by atoms with Crippen LogP contribution in [0.25, 0.3) is 22.8 Å². The normalized spacial score (nSPS) is 12.1. The molecule has 2 aromatic heterocycles. The highest BCUT2D eigenvalue weighted by molar-refractivity contribution is 5.90. The van der Waals surface area contributed by atoms with E-state index < -0.39 is 0 Å². The van der Waals surface area contributed by atoms with E-state index in [9.17, 15) is 9.59 Å². The third kappa shape index (κ3) is 4.40. The minimum Gasteiger partial charge on any atom is -0.454 e. The lowest BCUT2D eigenvalue weighted by Gasteiger charge is -2.13. The van der Waals surface area contributed by atoms with Crippen LogP contribution < -0.4 is 20.3 Å². The summed E-state index contributed by atoms with van der Waals surface area (Å²) < 4.78 is 17.6. The Hall–Kier alpha value is -4.40. The number of fused-ring (bicyclic) bond motifs is 1. The monoisotopic (exact) mass is 472 g/mol. The molecule has 0 bridgehead atoms. The van der Waals surface area contributed by atoms with Crippen LogP contribution in [0.4, 0.5) is 5.69 Å². The topological polar surface area (TPSA) is 108 Å². The fourth-order valence-corrected chi connectivity index (χ4v) is 4.03. The molecule has 0 spiro atoms. The fraction of sp³-hybridized carbons (Fsp3) is 0.231. The van der Waals surface area contributed by atoms with Crippen molar-refractivity contribution in [2.24, 2.45) is 0 Å². The minimum atomic E-state index is -0.375. The average molecular weight is 473 g/mol. The second-order valence-corrected chi connectivity index (χ2v) is 8.32. The van der Waals surface area contributed by atoms with Crippen molar-refractivity contribution >= 4 is 11.6 Å². The Kier molecular flexibility index (Phi) is 5.82. The predicted octanol–water partition coefficient (Wildman–Crippen LogP) is 4.11. The van der Waals surface area contributed by atoms with Gasteiger partial charge in [-0.05, 0) is 67.8 Å². The molecule has 1 N–H and O–H groups in total. The quantitative estimate of drug-likeness (QED) is 0.450. The number of benzene rings is 2. The van der Waals surface area contributed by atoms with Crippen molar-refractivity contribution in [1.29, 1.82) is 0 Å². The Morgan fingerprint density at radius 1 is 1.06 bits per heavy atom. The first kappa shape index (κ1) is 22.4. The van der Waals surface area contributed by atoms with Gasteiger partial charge < -0.3 is 23.9 Å². The molecule has 0 atom stereocenters. The fourth-order valence-electron chi connectivity index (χ4n) is 4.03. The summed E-state index contributed by atoms with van der Waals surface area (Å²) in [6, 6.07) is 14.8. The molecule has 0 aliphatic carbocycles. The van der Waals surface area contributed by atoms with Crippen molar-refractivity contribution in [3.05, 3.63) is 75.7 Å². The van der Waals surface area contributed by atoms with Gasteiger partial charge in [0.25, 0.3) is 11.4 Å². The molecule has 9 heteroatoms. The molecule has 5 rings (SSSR count). The number of aryl methyl sites for hydroxylation is 3. The number of ether oxygens (including phenoxy) is 2. The Bertz CT molecular complexity index is 1470. The molecule has 1 amide bonds. The van der Waals surface area contributed by atoms with Crippen molar-refractivity contribution < 1.29 is 18.8 Å². The molecule has 9 nitrogen and oxygen atoms in total. The van der Waals surface area contributed by atoms with Gasteiger partial charge in [0.05, 0.1) is 0 Å². The molecule has 4 aromatic rings. The van der Waals surface area contributed by atoms with Crippen LogP contribution in [0.1, 0.15) is 23.7 Å². The number of nitrogens with zero attached hydrogens (tertiary/aromatic N) is 3. The minimum absolute atomic E-state index is 0.0875. The van der Waals surface area contributed by atoms with Gasteiger partial charge in [-0.3, -0.25) is 9.59 Å². The highest BCUT2D eigenvalue weighted by Gasteiger charge is 2.21. The number of carbonyl (C=O) groups is 1. The maximum atomic E-state index is 13.4. The molecule has 3 heterocycles. The van der Waals surface area contributed by atoms with Gasteiger partial charge in [-0.15, -0.1) is 0 Å². The first-order valence-corrected chi connectivity index (χ1v) is 11.3. The number of hydrogen-bond donors (Lipinski definition) is 1. The second-order valence-electron chi connectivity index (χ2n) is 8.32. The number of amides is 1. The van der Waals surface area contributed by atoms with Gasteiger partial charge in [-0.1, -0.05) is 24.2 Å². The number of nitrogens with one attached hydrogen (secondary N) is 1. The average Bonchev–Trinajstić information content (AvgIpc) is 3.51. The maximum Gasteiger partial charge on any atom is 0.264 e. The van der Waals surface area contributed by atoms with E-state index in [4.69, 9.17) is 14.0 Å². The van der Waals surface area contributed by atoms with Crippen molar-refractivity contribution in [2.75, 3.05) is 12.1 Å². The van der Waals surface area contributed by atoms with Crippen LogP contribution in [0.15, 0.2) is 57.8 Å². The Labute approximate surface area is 201 Å². The van der Waals surface area contributed by atoms with E-state index in [1.54, 1.807) is 32.0 Å². The van der Waals surface area contributed by atoms with Crippen molar-refractivity contribution in [1.82, 2.24) is 14.7 Å². The lowest BCUT2D eigenvalue weighted by molar-refractivity contribution is -0.116. The number of pyridine rings is 1. The SMILES string of the molecule is CCc1ccc(NC(=O)Cn2c(C)cc(C)c(-c3nc(-c4ccc5c(c4)OCO5)no3)c2=O)cc1. The summed E-state index contributed by atoms with van der Waals surface area (Å²) >= 11 is 0. The van der Waals surface area contributed by atoms with Crippen LogP contribution in [0.3, 0.4) is 0 Å². The van der Waals surface area contributed by atoms with E-state index in [2.05, 4.69) is 22.4 Å². The molecule has 0 unspecified atom stereocenters. The zero-order valence-electron chi connectivity index (χ0n) is 19.6. The maximum absolute atomic E-state index is 13.4. The summed E-state index contributed by atoms with van der Waals surface area (Å²) in [6.45, 7) is 5.67. The lowest BCUT2D eigenvalue weighted by atomic mass is 10.1. The van der Waals surface area contributed by atoms with Crippen molar-refractivity contribution in [3.8, 4) is 34.3 Å². The third-order valence-electron chi connectivity index (χ3n) is 5.92. The zero-order valence-corrected chi connectivity index (χ0v) is 19.6. The third-order valence-corrected chi connectivity index (χ3v) is 5.92. The number of aromatic nitrogens is 3. The van der Waals surface area contributed by atoms with E-state index in [0.717, 1.165) is 6.42 Å². The highest BCUT2D eigenvalue weighted by atomic mass is 16.7. The largest absolute Gasteiger partial charge is 0.454 e. The van der Waals surface area contributed by atoms with Gasteiger partial charge in [0.1, 0.15) is 12.1 Å². The lowest BCUT2D eigenvalue weighted by Crippen LogP contribution is -2.30. The Morgan fingerprint density at radius 3 is 2.60 bits per heavy atom. The Morgan fingerprint density at radius 2 is 1.83 bits per heavy atom. The molecule has 0 radical (unpaired) electrons. The molecule has 35 heavy (non-hydrogen) atoms. The number of rotatable bonds is 6. The second kappa shape index (κ2) is 9.09. The van der Waals surface area contributed by atoms with Gasteiger partial charge in [0, 0.05) is 16.9 Å². The number of anilines is 1. The van der Waals surface area contributed by atoms with Crippen molar-refractivity contribution in [3.63, 3.8) is 0 Å². The molecule has 0 saturated heterocycles. The van der Waals surface area contributed by atoms with Crippen molar-refractivity contribution in [2.45, 2.75) is 33.7 Å². The van der Waals surface area contributed by atoms with Gasteiger partial charge in [0.2, 0.25) is 18.5 Å². The van der Waals surface area contributed by atoms with E-state index in [-0.39, 0.29) is 36.3 Å². The standard InChI is InChI=1S/C26H24N4O5/c1-4-17-5-8-19(9-6-17)27-22(31)13-30-16(3)11-15(2)23(26(30)32)25-28-24(29-35-25)18-7-10-20-21(12-18)34-14-33-20/h5-12H,4,13-14H2,1-3H3,(H,27,31). The summed E-state index contributed by atoms with van der Waals surface area (Å²) in [6.07, 6.45) is 0.918. The highest BCUT2D eigenvalue weighted by Crippen LogP contribution is 2.35. The zero-order chi connectivity index (χ0) is 24.5. The summed E-state index contributed by atoms with van der Waals surface area (Å²) in [5.41, 5.74) is 3.75. The van der Waals surface area contributed by atoms with Crippen LogP contribution in [-0.4, -0.2) is 27.4 Å². The molecular weight excluding hydrogens is 448 g/mol. The van der Waals surface area contributed by atoms with Crippen LogP contribution in [-0.2, 0) is 17.8 Å². The molecular formula is C26H24N4O5. The van der Waals surface area contributed by atoms with Crippen LogP contribution in [0, 0.1) is 13.8 Å². The number of hydrogen-bond acceptors (Lipinski definition) is 7. The van der Waals surface area contributed by atoms with Gasteiger partial charge in [0.15, 0.2) is 11.5 Å². The molecule has 0 saturated carbocycles. The van der Waals surface area contributed by atoms with Crippen LogP contribution in [0.5, 0.6) is 11.5 Å². The van der Waals surface area contributed by atoms with Gasteiger partial charge in [-0.2, -0.15) is 4.98 Å². The number of carbonyl (C=O) groups excluding carboxylic acids is 1.